The smallest absolute Gasteiger partial charge is 0.222 e. The van der Waals surface area contributed by atoms with Crippen molar-refractivity contribution in [1.29, 1.82) is 0 Å². The number of benzene rings is 1. The van der Waals surface area contributed by atoms with Crippen LogP contribution in [-0.2, 0) is 15.6 Å². The van der Waals surface area contributed by atoms with Gasteiger partial charge in [-0.2, -0.15) is 0 Å². The van der Waals surface area contributed by atoms with Gasteiger partial charge in [-0.25, -0.2) is 0 Å². The second kappa shape index (κ2) is 12.8. The molecule has 0 radical (unpaired) electrons. The molecule has 1 aromatic carbocycles. The molecule has 2 saturated carbocycles. The Morgan fingerprint density at radius 1 is 1.19 bits per heavy atom. The van der Waals surface area contributed by atoms with Crippen molar-refractivity contribution in [3.63, 3.8) is 0 Å². The molecular weight excluding hydrogens is 534 g/mol. The number of carbonyl (C=O) groups excluding carboxylic acids is 1. The third-order valence-corrected chi connectivity index (χ3v) is 16.8. The second-order valence-corrected chi connectivity index (χ2v) is 20.5. The highest BCUT2D eigenvalue weighted by Gasteiger charge is 2.64. The van der Waals surface area contributed by atoms with E-state index in [-0.39, 0.29) is 15.9 Å². The zero-order chi connectivity index (χ0) is 30.9. The lowest BCUT2D eigenvalue weighted by molar-refractivity contribution is -0.130. The van der Waals surface area contributed by atoms with Gasteiger partial charge in [-0.1, -0.05) is 59.6 Å². The topological polar surface area (TPSA) is 38.8 Å². The van der Waals surface area contributed by atoms with Gasteiger partial charge in [-0.15, -0.1) is 6.58 Å². The Morgan fingerprint density at radius 2 is 1.93 bits per heavy atom. The van der Waals surface area contributed by atoms with Gasteiger partial charge in [0, 0.05) is 20.0 Å². The summed E-state index contributed by atoms with van der Waals surface area (Å²) in [6.45, 7) is 22.2. The molecule has 5 heteroatoms. The van der Waals surface area contributed by atoms with Gasteiger partial charge in [0.05, 0.1) is 13.2 Å². The summed E-state index contributed by atoms with van der Waals surface area (Å²) in [5.41, 5.74) is 3.22. The molecule has 1 aromatic rings. The summed E-state index contributed by atoms with van der Waals surface area (Å²) in [5.74, 6) is 2.87. The minimum absolute atomic E-state index is 0.0843. The molecule has 0 bridgehead atoms. The number of fused-ring (bicyclic) bond motifs is 5. The van der Waals surface area contributed by atoms with E-state index in [1.165, 1.54) is 24.0 Å². The van der Waals surface area contributed by atoms with Crippen LogP contribution in [0.2, 0.25) is 18.1 Å². The lowest BCUT2D eigenvalue weighted by Crippen LogP contribution is -2.56. The van der Waals surface area contributed by atoms with Gasteiger partial charge in [0.1, 0.15) is 5.75 Å². The molecule has 0 aromatic heterocycles. The van der Waals surface area contributed by atoms with Gasteiger partial charge in [-0.05, 0) is 121 Å². The van der Waals surface area contributed by atoms with Crippen molar-refractivity contribution >= 4 is 14.2 Å². The monoisotopic (exact) mass is 595 g/mol. The van der Waals surface area contributed by atoms with Crippen LogP contribution < -0.4 is 4.74 Å². The number of nitrogens with zero attached hydrogens (tertiary/aromatic N) is 1. The van der Waals surface area contributed by atoms with Crippen molar-refractivity contribution in [2.24, 2.45) is 22.7 Å². The van der Waals surface area contributed by atoms with Gasteiger partial charge in [-0.3, -0.25) is 4.79 Å². The van der Waals surface area contributed by atoms with Gasteiger partial charge in [0.25, 0.3) is 0 Å². The number of allylic oxidation sites excluding steroid dienone is 1. The zero-order valence-corrected chi connectivity index (χ0v) is 29.5. The highest BCUT2D eigenvalue weighted by atomic mass is 28.4. The van der Waals surface area contributed by atoms with Crippen LogP contribution in [0.3, 0.4) is 0 Å². The molecule has 0 spiro atoms. The van der Waals surface area contributed by atoms with Crippen molar-refractivity contribution in [1.82, 2.24) is 4.90 Å². The largest absolute Gasteiger partial charge is 0.497 e. The summed E-state index contributed by atoms with van der Waals surface area (Å²) in [5, 5.41) is 0.202. The first-order valence-electron chi connectivity index (χ1n) is 17.0. The lowest BCUT2D eigenvalue weighted by atomic mass is 9.44. The molecule has 0 aliphatic heterocycles. The first-order valence-corrected chi connectivity index (χ1v) is 19.9. The number of methoxy groups -OCH3 is 1. The Morgan fingerprint density at radius 3 is 2.57 bits per heavy atom. The summed E-state index contributed by atoms with van der Waals surface area (Å²) < 4.78 is 13.0. The molecule has 6 atom stereocenters. The van der Waals surface area contributed by atoms with E-state index in [1.807, 2.05) is 11.9 Å². The number of aryl methyl sites for hydroxylation is 1. The average molecular weight is 596 g/mol. The Bertz CT molecular complexity index is 1110. The first-order chi connectivity index (χ1) is 19.7. The predicted octanol–water partition coefficient (Wildman–Crippen LogP) is 9.54. The third-order valence-electron chi connectivity index (χ3n) is 12.3. The molecule has 3 aliphatic carbocycles. The fourth-order valence-corrected chi connectivity index (χ4v) is 10.4. The first kappa shape index (κ1) is 33.3. The molecule has 42 heavy (non-hydrogen) atoms. The molecule has 1 amide bonds. The maximum absolute atomic E-state index is 12.8. The number of carbonyl (C=O) groups is 1. The van der Waals surface area contributed by atoms with Crippen LogP contribution in [0.4, 0.5) is 0 Å². The minimum Gasteiger partial charge on any atom is -0.497 e. The molecule has 3 aliphatic rings. The minimum atomic E-state index is -1.91. The maximum Gasteiger partial charge on any atom is 0.222 e. The molecule has 4 rings (SSSR count). The Hall–Kier alpha value is -1.59. The maximum atomic E-state index is 12.8. The molecule has 0 saturated heterocycles. The molecule has 0 unspecified atom stereocenters. The van der Waals surface area contributed by atoms with Gasteiger partial charge in [0.2, 0.25) is 5.91 Å². The molecule has 4 nitrogen and oxygen atoms in total. The fraction of sp³-hybridized carbons (Fsp3) is 0.757. The highest BCUT2D eigenvalue weighted by Crippen LogP contribution is 2.70. The highest BCUT2D eigenvalue weighted by molar-refractivity contribution is 6.74. The van der Waals surface area contributed by atoms with Crippen molar-refractivity contribution in [3.8, 4) is 5.75 Å². The van der Waals surface area contributed by atoms with Crippen LogP contribution in [0, 0.1) is 22.7 Å². The lowest BCUT2D eigenvalue weighted by Gasteiger charge is -2.61. The second-order valence-electron chi connectivity index (χ2n) is 15.7. The van der Waals surface area contributed by atoms with Crippen molar-refractivity contribution in [2.75, 3.05) is 20.7 Å². The summed E-state index contributed by atoms with van der Waals surface area (Å²) in [7, 11) is 1.83. The summed E-state index contributed by atoms with van der Waals surface area (Å²) >= 11 is 0. The molecule has 2 fully saturated rings. The van der Waals surface area contributed by atoms with Crippen molar-refractivity contribution < 1.29 is 14.0 Å². The SMILES string of the molecule is C=C[C@@]12CCc3cc(OC)ccc3[C@H]1[C@@H](CCCCC(=O)N(C)CCCC)C[C@]1(C)[C@@H](O[Si](C)(C)C(C)(C)C)CC[C@H]12. The quantitative estimate of drug-likeness (QED) is 0.137. The molecule has 236 valence electrons. The Balaban J connectivity index is 1.63. The number of hydrogen-bond donors (Lipinski definition) is 0. The molecule has 0 heterocycles. The summed E-state index contributed by atoms with van der Waals surface area (Å²) in [4.78, 5) is 14.7. The van der Waals surface area contributed by atoms with E-state index >= 15 is 0 Å². The van der Waals surface area contributed by atoms with E-state index in [0.717, 1.165) is 63.7 Å². The standard InChI is InChI=1S/C37H61NO3Si/c1-11-13-24-38(7)33(39)17-15-14-16-28-26-36(6)31(20-21-32(36)41-42(9,10)35(3,4)5)37(12-2)23-22-27-25-29(40-8)18-19-30(27)34(28)37/h12,18-19,25,28,31-32,34H,2,11,13-17,20-24,26H2,1,3-10H3/t28-,31+,32-,34+,36-,37-/m0/s1. The van der Waals surface area contributed by atoms with Crippen LogP contribution in [0.5, 0.6) is 5.75 Å². The summed E-state index contributed by atoms with van der Waals surface area (Å²) in [6.07, 6.45) is 14.6. The summed E-state index contributed by atoms with van der Waals surface area (Å²) in [6, 6.07) is 6.83. The third kappa shape index (κ3) is 6.16. The zero-order valence-electron chi connectivity index (χ0n) is 28.5. The Labute approximate surface area is 259 Å². The van der Waals surface area contributed by atoms with Crippen LogP contribution in [0.1, 0.15) is 116 Å². The van der Waals surface area contributed by atoms with Crippen molar-refractivity contribution in [2.45, 2.75) is 135 Å². The van der Waals surface area contributed by atoms with Gasteiger partial charge >= 0.3 is 0 Å². The van der Waals surface area contributed by atoms with E-state index in [1.54, 1.807) is 7.11 Å². The molecular formula is C37H61NO3Si. The number of rotatable bonds is 12. The van der Waals surface area contributed by atoms with Gasteiger partial charge < -0.3 is 14.1 Å². The van der Waals surface area contributed by atoms with Crippen molar-refractivity contribution in [3.05, 3.63) is 42.0 Å². The van der Waals surface area contributed by atoms with E-state index in [9.17, 15) is 4.79 Å². The van der Waals surface area contributed by atoms with Crippen LogP contribution in [-0.4, -0.2) is 45.9 Å². The van der Waals surface area contributed by atoms with E-state index in [4.69, 9.17) is 9.16 Å². The van der Waals surface area contributed by atoms with Crippen LogP contribution >= 0.6 is 0 Å². The normalized spacial score (nSPS) is 30.7. The van der Waals surface area contributed by atoms with E-state index in [2.05, 4.69) is 78.6 Å². The molecule has 0 N–H and O–H groups in total. The predicted molar refractivity (Wildman–Crippen MR) is 179 cm³/mol. The van der Waals surface area contributed by atoms with E-state index < -0.39 is 8.32 Å². The van der Waals surface area contributed by atoms with Crippen LogP contribution in [0.15, 0.2) is 30.9 Å². The van der Waals surface area contributed by atoms with Gasteiger partial charge in [0.15, 0.2) is 8.32 Å². The Kier molecular flexibility index (Phi) is 10.1. The number of ether oxygens (including phenoxy) is 1. The number of amides is 1. The average Bonchev–Trinajstić information content (AvgIpc) is 3.27. The van der Waals surface area contributed by atoms with E-state index in [0.29, 0.717) is 36.2 Å². The number of unbranched alkanes of at least 4 members (excludes halogenated alkanes) is 2. The number of hydrogen-bond acceptors (Lipinski definition) is 3. The fourth-order valence-electron chi connectivity index (χ4n) is 8.91. The van der Waals surface area contributed by atoms with Crippen LogP contribution in [0.25, 0.3) is 0 Å².